The third kappa shape index (κ3) is 2.69. The number of halogens is 3. The lowest BCUT2D eigenvalue weighted by Crippen LogP contribution is -2.49. The average Bonchev–Trinajstić information content (AvgIpc) is 3.02. The first kappa shape index (κ1) is 16.1. The normalized spacial score (nSPS) is 22.2. The Morgan fingerprint density at radius 1 is 1.40 bits per heavy atom. The van der Waals surface area contributed by atoms with Gasteiger partial charge in [0.05, 0.1) is 10.4 Å². The van der Waals surface area contributed by atoms with Crippen LogP contribution >= 0.6 is 11.3 Å². The minimum atomic E-state index is -4.52. The van der Waals surface area contributed by atoms with Crippen LogP contribution in [0.25, 0.3) is 10.7 Å². The van der Waals surface area contributed by atoms with Gasteiger partial charge in [-0.05, 0) is 24.1 Å². The molecule has 2 aliphatic heterocycles. The number of likely N-dealkylation sites (tertiary alicyclic amines) is 1. The molecule has 8 nitrogen and oxygen atoms in total. The number of rotatable bonds is 3. The van der Waals surface area contributed by atoms with Crippen LogP contribution < -0.4 is 0 Å². The van der Waals surface area contributed by atoms with Crippen LogP contribution in [0, 0.1) is 5.92 Å². The molecule has 12 heteroatoms. The summed E-state index contributed by atoms with van der Waals surface area (Å²) in [6.07, 6.45) is -3.69. The number of piperidine rings is 1. The summed E-state index contributed by atoms with van der Waals surface area (Å²) in [5.41, 5.74) is -1.92. The number of carbonyl (C=O) groups is 1. The van der Waals surface area contributed by atoms with Gasteiger partial charge in [0.25, 0.3) is 11.6 Å². The Balaban J connectivity index is 1.49. The maximum Gasteiger partial charge on any atom is 0.438 e. The lowest BCUT2D eigenvalue weighted by Gasteiger charge is -2.35. The van der Waals surface area contributed by atoms with Gasteiger partial charge in [-0.25, -0.2) is 0 Å². The molecule has 0 bridgehead atoms. The van der Waals surface area contributed by atoms with Crippen LogP contribution in [0.4, 0.5) is 13.2 Å². The number of nitrogens with zero attached hydrogens (tertiary/aromatic N) is 6. The van der Waals surface area contributed by atoms with Crippen molar-refractivity contribution in [1.82, 2.24) is 25.5 Å². The molecule has 0 aliphatic carbocycles. The van der Waals surface area contributed by atoms with Gasteiger partial charge in [0.15, 0.2) is 0 Å². The molecule has 1 saturated heterocycles. The van der Waals surface area contributed by atoms with E-state index in [4.69, 9.17) is 0 Å². The molecule has 1 amide bonds. The zero-order chi connectivity index (χ0) is 17.7. The van der Waals surface area contributed by atoms with Gasteiger partial charge in [-0.2, -0.15) is 18.4 Å². The lowest BCUT2D eigenvalue weighted by atomic mass is 9.87. The minimum Gasteiger partial charge on any atom is -0.338 e. The number of tetrazole rings is 1. The maximum absolute atomic E-state index is 13.2. The second-order valence-electron chi connectivity index (χ2n) is 5.95. The molecule has 2 aromatic heterocycles. The molecule has 4 rings (SSSR count). The van der Waals surface area contributed by atoms with Crippen LogP contribution in [0.15, 0.2) is 21.7 Å². The van der Waals surface area contributed by atoms with Gasteiger partial charge in [0.2, 0.25) is 5.82 Å². The zero-order valence-corrected chi connectivity index (χ0v) is 13.5. The van der Waals surface area contributed by atoms with E-state index >= 15 is 0 Å². The zero-order valence-electron chi connectivity index (χ0n) is 12.7. The number of amides is 1. The number of hydrogen-bond acceptors (Lipinski definition) is 7. The van der Waals surface area contributed by atoms with Crippen molar-refractivity contribution in [3.05, 3.63) is 17.0 Å². The van der Waals surface area contributed by atoms with Crippen LogP contribution in [-0.4, -0.2) is 56.4 Å². The van der Waals surface area contributed by atoms with E-state index in [2.05, 4.69) is 30.9 Å². The molecule has 1 unspecified atom stereocenters. The highest BCUT2D eigenvalue weighted by Gasteiger charge is 2.68. The van der Waals surface area contributed by atoms with Gasteiger partial charge in [-0.1, -0.05) is 0 Å². The predicted molar refractivity (Wildman–Crippen MR) is 79.8 cm³/mol. The van der Waals surface area contributed by atoms with Crippen LogP contribution in [0.5, 0.6) is 0 Å². The number of aromatic amines is 1. The third-order valence-corrected chi connectivity index (χ3v) is 5.35. The highest BCUT2D eigenvalue weighted by atomic mass is 32.1. The minimum absolute atomic E-state index is 0.0151. The van der Waals surface area contributed by atoms with Crippen molar-refractivity contribution in [1.29, 1.82) is 0 Å². The largest absolute Gasteiger partial charge is 0.438 e. The molecule has 2 aromatic rings. The standard InChI is InChI=1S/C13H12F3N7OS/c14-13(15,16)12(19-20-12)8-2-1-3-23(5-8)11(24)7-4-9(25-6-7)10-17-21-22-18-10/h4,6,8H,1-3,5H2,(H,17,18,21,22). The molecule has 1 fully saturated rings. The summed E-state index contributed by atoms with van der Waals surface area (Å²) in [5.74, 6) is -0.777. The first-order valence-electron chi connectivity index (χ1n) is 7.53. The van der Waals surface area contributed by atoms with Gasteiger partial charge in [-0.3, -0.25) is 4.79 Å². The van der Waals surface area contributed by atoms with Gasteiger partial charge in [0.1, 0.15) is 0 Å². The highest BCUT2D eigenvalue weighted by molar-refractivity contribution is 7.13. The van der Waals surface area contributed by atoms with Crippen LogP contribution in [0.1, 0.15) is 23.2 Å². The van der Waals surface area contributed by atoms with E-state index in [0.717, 1.165) is 0 Å². The quantitative estimate of drug-likeness (QED) is 0.896. The van der Waals surface area contributed by atoms with Gasteiger partial charge in [-0.15, -0.1) is 31.8 Å². The topological polar surface area (TPSA) is 99.5 Å². The molecule has 132 valence electrons. The fourth-order valence-corrected chi connectivity index (χ4v) is 3.88. The fourth-order valence-electron chi connectivity index (χ4n) is 3.07. The molecular formula is C13H12F3N7OS. The molecule has 1 atom stereocenters. The number of H-pyrrole nitrogens is 1. The Kier molecular flexibility index (Phi) is 3.60. The fraction of sp³-hybridized carbons (Fsp3) is 0.538. The van der Waals surface area contributed by atoms with Crippen molar-refractivity contribution in [3.63, 3.8) is 0 Å². The van der Waals surface area contributed by atoms with E-state index in [1.165, 1.54) is 16.2 Å². The Bertz CT molecular complexity index is 810. The number of thiophene rings is 1. The molecule has 0 spiro atoms. The van der Waals surface area contributed by atoms with Crippen molar-refractivity contribution in [3.8, 4) is 10.7 Å². The van der Waals surface area contributed by atoms with Crippen molar-refractivity contribution in [2.75, 3.05) is 13.1 Å². The smallest absolute Gasteiger partial charge is 0.338 e. The second kappa shape index (κ2) is 5.58. The van der Waals surface area contributed by atoms with Crippen molar-refractivity contribution in [2.24, 2.45) is 16.1 Å². The molecule has 0 aromatic carbocycles. The van der Waals surface area contributed by atoms with Crippen LogP contribution in [0.2, 0.25) is 0 Å². The lowest BCUT2D eigenvalue weighted by molar-refractivity contribution is -0.180. The summed E-state index contributed by atoms with van der Waals surface area (Å²) in [6.45, 7) is 0.398. The summed E-state index contributed by atoms with van der Waals surface area (Å²) < 4.78 is 39.5. The predicted octanol–water partition coefficient (Wildman–Crippen LogP) is 2.50. The van der Waals surface area contributed by atoms with Crippen molar-refractivity contribution < 1.29 is 18.0 Å². The van der Waals surface area contributed by atoms with Crippen LogP contribution in [-0.2, 0) is 0 Å². The average molecular weight is 371 g/mol. The van der Waals surface area contributed by atoms with E-state index < -0.39 is 17.8 Å². The third-order valence-electron chi connectivity index (χ3n) is 4.42. The molecule has 4 heterocycles. The van der Waals surface area contributed by atoms with Gasteiger partial charge >= 0.3 is 6.18 Å². The molecule has 2 aliphatic rings. The number of aromatic nitrogens is 4. The Labute approximate surface area is 143 Å². The van der Waals surface area contributed by atoms with Crippen molar-refractivity contribution >= 4 is 17.2 Å². The Morgan fingerprint density at radius 3 is 2.84 bits per heavy atom. The highest BCUT2D eigenvalue weighted by Crippen LogP contribution is 2.52. The number of hydrogen-bond donors (Lipinski definition) is 1. The summed E-state index contributed by atoms with van der Waals surface area (Å²) in [6, 6.07) is 1.62. The summed E-state index contributed by atoms with van der Waals surface area (Å²) in [7, 11) is 0. The molecule has 1 N–H and O–H groups in total. The van der Waals surface area contributed by atoms with Gasteiger partial charge in [0, 0.05) is 24.4 Å². The SMILES string of the molecule is O=C(c1csc(-c2nn[nH]n2)c1)N1CCCC(C2(C(F)(F)F)N=N2)C1. The van der Waals surface area contributed by atoms with E-state index in [9.17, 15) is 18.0 Å². The van der Waals surface area contributed by atoms with E-state index in [0.29, 0.717) is 35.7 Å². The van der Waals surface area contributed by atoms with Crippen molar-refractivity contribution in [2.45, 2.75) is 24.7 Å². The molecular weight excluding hydrogens is 359 g/mol. The van der Waals surface area contributed by atoms with E-state index in [1.54, 1.807) is 11.4 Å². The molecule has 0 radical (unpaired) electrons. The number of carbonyl (C=O) groups excluding carboxylic acids is 1. The van der Waals surface area contributed by atoms with E-state index in [-0.39, 0.29) is 12.5 Å². The molecule has 0 saturated carbocycles. The first-order chi connectivity index (χ1) is 11.9. The number of nitrogens with one attached hydrogen (secondary N) is 1. The summed E-state index contributed by atoms with van der Waals surface area (Å²) in [4.78, 5) is 14.7. The second-order valence-corrected chi connectivity index (χ2v) is 6.86. The number of alkyl halides is 3. The summed E-state index contributed by atoms with van der Waals surface area (Å²) >= 11 is 1.27. The van der Waals surface area contributed by atoms with Crippen LogP contribution in [0.3, 0.4) is 0 Å². The molecule has 25 heavy (non-hydrogen) atoms. The maximum atomic E-state index is 13.2. The first-order valence-corrected chi connectivity index (χ1v) is 8.41. The summed E-state index contributed by atoms with van der Waals surface area (Å²) in [5, 5.41) is 21.6. The Hall–Kier alpha value is -2.37. The Morgan fingerprint density at radius 2 is 2.20 bits per heavy atom. The van der Waals surface area contributed by atoms with Gasteiger partial charge < -0.3 is 4.90 Å². The van der Waals surface area contributed by atoms with E-state index in [1.807, 2.05) is 0 Å². The monoisotopic (exact) mass is 371 g/mol.